The Morgan fingerprint density at radius 2 is 1.62 bits per heavy atom. The van der Waals surface area contributed by atoms with Gasteiger partial charge in [0.2, 0.25) is 0 Å². The number of piperazine rings is 1. The molecule has 2 aromatic carbocycles. The number of aryl methyl sites for hydroxylation is 2. The van der Waals surface area contributed by atoms with E-state index in [1.165, 1.54) is 16.8 Å². The molecule has 0 saturated carbocycles. The van der Waals surface area contributed by atoms with Crippen LogP contribution in [0.2, 0.25) is 0 Å². The van der Waals surface area contributed by atoms with E-state index < -0.39 is 11.8 Å². The Hall–Kier alpha value is -2.90. The van der Waals surface area contributed by atoms with Gasteiger partial charge in [-0.25, -0.2) is 0 Å². The van der Waals surface area contributed by atoms with Crippen LogP contribution in [0.5, 0.6) is 0 Å². The molecular formula is C27H37N5O2. The van der Waals surface area contributed by atoms with Gasteiger partial charge in [-0.05, 0) is 49.6 Å². The Kier molecular flexibility index (Phi) is 7.85. The van der Waals surface area contributed by atoms with E-state index in [4.69, 9.17) is 0 Å². The molecule has 182 valence electrons. The van der Waals surface area contributed by atoms with Crippen molar-refractivity contribution in [3.05, 3.63) is 64.7 Å². The lowest BCUT2D eigenvalue weighted by molar-refractivity contribution is -0.139. The van der Waals surface area contributed by atoms with Gasteiger partial charge in [0.25, 0.3) is 0 Å². The van der Waals surface area contributed by atoms with E-state index >= 15 is 0 Å². The SMILES string of the molecule is Cc1ccc(CNC(=O)C(=O)NCC(c2ccc3c(c2)CCCN3C)N2CCN(C)CC2)cc1. The summed E-state index contributed by atoms with van der Waals surface area (Å²) in [5.41, 5.74) is 6.01. The summed E-state index contributed by atoms with van der Waals surface area (Å²) in [6.45, 7) is 7.73. The number of nitrogens with zero attached hydrogens (tertiary/aromatic N) is 3. The van der Waals surface area contributed by atoms with Crippen molar-refractivity contribution < 1.29 is 9.59 Å². The molecule has 0 aliphatic carbocycles. The molecule has 1 saturated heterocycles. The molecule has 2 N–H and O–H groups in total. The molecular weight excluding hydrogens is 426 g/mol. The van der Waals surface area contributed by atoms with Gasteiger partial charge in [-0.3, -0.25) is 14.5 Å². The van der Waals surface area contributed by atoms with Crippen molar-refractivity contribution in [1.82, 2.24) is 20.4 Å². The van der Waals surface area contributed by atoms with Gasteiger partial charge >= 0.3 is 11.8 Å². The second-order valence-corrected chi connectivity index (χ2v) is 9.65. The molecule has 2 amide bonds. The maximum atomic E-state index is 12.6. The molecule has 0 bridgehead atoms. The number of amides is 2. The van der Waals surface area contributed by atoms with E-state index in [0.29, 0.717) is 13.1 Å². The van der Waals surface area contributed by atoms with Crippen molar-refractivity contribution in [3.63, 3.8) is 0 Å². The number of fused-ring (bicyclic) bond motifs is 1. The van der Waals surface area contributed by atoms with Crippen molar-refractivity contribution in [2.24, 2.45) is 0 Å². The molecule has 0 radical (unpaired) electrons. The Morgan fingerprint density at radius 1 is 0.912 bits per heavy atom. The first-order valence-corrected chi connectivity index (χ1v) is 12.3. The maximum Gasteiger partial charge on any atom is 0.309 e. The lowest BCUT2D eigenvalue weighted by Crippen LogP contribution is -2.49. The summed E-state index contributed by atoms with van der Waals surface area (Å²) >= 11 is 0. The van der Waals surface area contributed by atoms with Gasteiger partial charge in [-0.2, -0.15) is 0 Å². The first-order chi connectivity index (χ1) is 16.4. The van der Waals surface area contributed by atoms with E-state index in [9.17, 15) is 9.59 Å². The highest BCUT2D eigenvalue weighted by Crippen LogP contribution is 2.31. The first-order valence-electron chi connectivity index (χ1n) is 12.3. The molecule has 2 heterocycles. The zero-order valence-corrected chi connectivity index (χ0v) is 20.6. The molecule has 7 nitrogen and oxygen atoms in total. The number of carbonyl (C=O) groups excluding carboxylic acids is 2. The van der Waals surface area contributed by atoms with Crippen LogP contribution in [0.15, 0.2) is 42.5 Å². The number of likely N-dealkylation sites (N-methyl/N-ethyl adjacent to an activating group) is 1. The van der Waals surface area contributed by atoms with Gasteiger partial charge < -0.3 is 20.4 Å². The van der Waals surface area contributed by atoms with E-state index in [1.54, 1.807) is 0 Å². The Balaban J connectivity index is 1.42. The number of hydrogen-bond donors (Lipinski definition) is 2. The first kappa shape index (κ1) is 24.2. The highest BCUT2D eigenvalue weighted by atomic mass is 16.2. The largest absolute Gasteiger partial charge is 0.374 e. The summed E-state index contributed by atoms with van der Waals surface area (Å²) in [4.78, 5) is 32.1. The minimum atomic E-state index is -0.593. The highest BCUT2D eigenvalue weighted by Gasteiger charge is 2.26. The number of anilines is 1. The van der Waals surface area contributed by atoms with Crippen LogP contribution in [0.4, 0.5) is 5.69 Å². The monoisotopic (exact) mass is 463 g/mol. The topological polar surface area (TPSA) is 67.9 Å². The summed E-state index contributed by atoms with van der Waals surface area (Å²) in [7, 11) is 4.28. The Bertz CT molecular complexity index is 999. The fraction of sp³-hybridized carbons (Fsp3) is 0.481. The van der Waals surface area contributed by atoms with Crippen LogP contribution in [0, 0.1) is 6.92 Å². The quantitative estimate of drug-likeness (QED) is 0.643. The van der Waals surface area contributed by atoms with Crippen molar-refractivity contribution in [3.8, 4) is 0 Å². The zero-order valence-electron chi connectivity index (χ0n) is 20.6. The predicted molar refractivity (Wildman–Crippen MR) is 136 cm³/mol. The molecule has 1 atom stereocenters. The van der Waals surface area contributed by atoms with Gasteiger partial charge in [0.15, 0.2) is 0 Å². The normalized spacial score (nSPS) is 17.7. The number of nitrogens with one attached hydrogen (secondary N) is 2. The van der Waals surface area contributed by atoms with Crippen LogP contribution in [0.1, 0.15) is 34.7 Å². The summed E-state index contributed by atoms with van der Waals surface area (Å²) in [5.74, 6) is -1.17. The molecule has 7 heteroatoms. The van der Waals surface area contributed by atoms with Crippen LogP contribution >= 0.6 is 0 Å². The van der Waals surface area contributed by atoms with Gasteiger partial charge in [-0.1, -0.05) is 42.0 Å². The average molecular weight is 464 g/mol. The Labute approximate surface area is 203 Å². The van der Waals surface area contributed by atoms with Crippen LogP contribution in [-0.2, 0) is 22.6 Å². The van der Waals surface area contributed by atoms with Crippen molar-refractivity contribution >= 4 is 17.5 Å². The molecule has 1 unspecified atom stereocenters. The Morgan fingerprint density at radius 3 is 2.35 bits per heavy atom. The summed E-state index contributed by atoms with van der Waals surface area (Å²) in [6.07, 6.45) is 2.24. The second kappa shape index (κ2) is 11.0. The molecule has 0 spiro atoms. The smallest absolute Gasteiger partial charge is 0.309 e. The van der Waals surface area contributed by atoms with Crippen molar-refractivity contribution in [2.45, 2.75) is 32.4 Å². The number of hydrogen-bond acceptors (Lipinski definition) is 5. The van der Waals surface area contributed by atoms with Crippen molar-refractivity contribution in [2.75, 3.05) is 58.3 Å². The molecule has 4 rings (SSSR count). The molecule has 2 aliphatic heterocycles. The lowest BCUT2D eigenvalue weighted by atomic mass is 9.95. The molecule has 1 fully saturated rings. The predicted octanol–water partition coefficient (Wildman–Crippen LogP) is 2.10. The standard InChI is InChI=1S/C27H37N5O2/c1-20-6-8-21(9-7-20)18-28-26(33)27(34)29-19-25(32-15-13-30(2)14-16-32)23-10-11-24-22(17-23)5-4-12-31(24)3/h6-11,17,25H,4-5,12-16,18-19H2,1-3H3,(H,28,33)(H,29,34). The zero-order chi connectivity index (χ0) is 24.1. The van der Waals surface area contributed by atoms with E-state index in [0.717, 1.165) is 56.7 Å². The molecule has 0 aromatic heterocycles. The van der Waals surface area contributed by atoms with E-state index in [2.05, 4.69) is 57.6 Å². The van der Waals surface area contributed by atoms with Crippen LogP contribution < -0.4 is 15.5 Å². The lowest BCUT2D eigenvalue weighted by Gasteiger charge is -2.39. The van der Waals surface area contributed by atoms with E-state index in [1.807, 2.05) is 31.2 Å². The fourth-order valence-corrected chi connectivity index (χ4v) is 4.84. The molecule has 34 heavy (non-hydrogen) atoms. The number of benzene rings is 2. The summed E-state index contributed by atoms with van der Waals surface area (Å²) < 4.78 is 0. The second-order valence-electron chi connectivity index (χ2n) is 9.65. The number of rotatable bonds is 6. The van der Waals surface area contributed by atoms with Gasteiger partial charge in [0.05, 0.1) is 6.04 Å². The summed E-state index contributed by atoms with van der Waals surface area (Å²) in [6, 6.07) is 14.7. The third-order valence-electron chi connectivity index (χ3n) is 7.05. The fourth-order valence-electron chi connectivity index (χ4n) is 4.84. The van der Waals surface area contributed by atoms with Crippen LogP contribution in [-0.4, -0.2) is 75.0 Å². The summed E-state index contributed by atoms with van der Waals surface area (Å²) in [5, 5.41) is 5.64. The third-order valence-corrected chi connectivity index (χ3v) is 7.05. The maximum absolute atomic E-state index is 12.6. The minimum absolute atomic E-state index is 0.0417. The highest BCUT2D eigenvalue weighted by molar-refractivity contribution is 6.35. The minimum Gasteiger partial charge on any atom is -0.374 e. The van der Waals surface area contributed by atoms with Gasteiger partial charge in [0, 0.05) is 58.5 Å². The van der Waals surface area contributed by atoms with Crippen LogP contribution in [0.25, 0.3) is 0 Å². The number of carbonyl (C=O) groups is 2. The molecule has 2 aliphatic rings. The molecule has 2 aromatic rings. The third kappa shape index (κ3) is 5.96. The van der Waals surface area contributed by atoms with Gasteiger partial charge in [0.1, 0.15) is 0 Å². The van der Waals surface area contributed by atoms with Crippen LogP contribution in [0.3, 0.4) is 0 Å². The van der Waals surface area contributed by atoms with E-state index in [-0.39, 0.29) is 6.04 Å². The van der Waals surface area contributed by atoms with Gasteiger partial charge in [-0.15, -0.1) is 0 Å². The average Bonchev–Trinajstić information content (AvgIpc) is 2.84. The van der Waals surface area contributed by atoms with Crippen molar-refractivity contribution in [1.29, 1.82) is 0 Å².